The zero-order chi connectivity index (χ0) is 21.3. The summed E-state index contributed by atoms with van der Waals surface area (Å²) in [6, 6.07) is 11.3. The molecule has 4 rings (SSSR count). The number of benzene rings is 2. The number of amides is 4. The van der Waals surface area contributed by atoms with Crippen molar-refractivity contribution in [2.75, 3.05) is 25.3 Å². The topological polar surface area (TPSA) is 106 Å². The molecule has 1 fully saturated rings. The molecule has 0 saturated carbocycles. The van der Waals surface area contributed by atoms with E-state index >= 15 is 0 Å². The fourth-order valence-electron chi connectivity index (χ4n) is 3.43. The number of nitrogens with one attached hydrogen (secondary N) is 2. The Morgan fingerprint density at radius 1 is 1.20 bits per heavy atom. The number of nitrogens with zero attached hydrogens (tertiary/aromatic N) is 1. The molecule has 9 heteroatoms. The maximum atomic E-state index is 13.1. The second kappa shape index (κ2) is 7.58. The monoisotopic (exact) mass is 411 g/mol. The lowest BCUT2D eigenvalue weighted by Crippen LogP contribution is -2.42. The van der Waals surface area contributed by atoms with Crippen molar-refractivity contribution in [1.82, 2.24) is 10.2 Å². The molecule has 2 aromatic rings. The molecular weight excluding hydrogens is 390 g/mol. The number of rotatable bonds is 6. The lowest BCUT2D eigenvalue weighted by Gasteiger charge is -2.22. The van der Waals surface area contributed by atoms with Gasteiger partial charge in [-0.1, -0.05) is 18.2 Å². The van der Waals surface area contributed by atoms with Gasteiger partial charge in [-0.15, -0.1) is 0 Å². The van der Waals surface area contributed by atoms with Crippen molar-refractivity contribution in [3.05, 3.63) is 48.0 Å². The van der Waals surface area contributed by atoms with Crippen LogP contribution in [-0.4, -0.2) is 42.7 Å². The Bertz CT molecular complexity index is 1020. The van der Waals surface area contributed by atoms with Crippen molar-refractivity contribution in [2.24, 2.45) is 0 Å². The molecule has 2 aliphatic rings. The molecule has 2 heterocycles. The molecule has 2 aromatic carbocycles. The molecule has 0 radical (unpaired) electrons. The van der Waals surface area contributed by atoms with Crippen molar-refractivity contribution in [1.29, 1.82) is 0 Å². The van der Waals surface area contributed by atoms with Gasteiger partial charge < -0.3 is 24.8 Å². The first-order valence-corrected chi connectivity index (χ1v) is 9.48. The highest BCUT2D eigenvalue weighted by molar-refractivity contribution is 6.10. The summed E-state index contributed by atoms with van der Waals surface area (Å²) in [6.07, 6.45) is 0. The Balaban J connectivity index is 1.50. The van der Waals surface area contributed by atoms with Crippen LogP contribution in [0.1, 0.15) is 19.4 Å². The first-order valence-electron chi connectivity index (χ1n) is 9.48. The summed E-state index contributed by atoms with van der Waals surface area (Å²) >= 11 is 0. The minimum Gasteiger partial charge on any atom is -0.492 e. The van der Waals surface area contributed by atoms with Gasteiger partial charge in [0.15, 0.2) is 11.5 Å². The average Bonchev–Trinajstić information content (AvgIpc) is 3.28. The third-order valence-corrected chi connectivity index (χ3v) is 4.99. The molecule has 156 valence electrons. The van der Waals surface area contributed by atoms with Crippen LogP contribution in [0.2, 0.25) is 0 Å². The van der Waals surface area contributed by atoms with Gasteiger partial charge in [0.2, 0.25) is 12.7 Å². The van der Waals surface area contributed by atoms with E-state index in [9.17, 15) is 14.4 Å². The molecule has 30 heavy (non-hydrogen) atoms. The van der Waals surface area contributed by atoms with Gasteiger partial charge >= 0.3 is 6.03 Å². The summed E-state index contributed by atoms with van der Waals surface area (Å²) in [5.41, 5.74) is -0.314. The third-order valence-electron chi connectivity index (χ3n) is 4.99. The second-order valence-corrected chi connectivity index (χ2v) is 6.99. The quantitative estimate of drug-likeness (QED) is 0.706. The predicted octanol–water partition coefficient (Wildman–Crippen LogP) is 2.22. The van der Waals surface area contributed by atoms with Crippen LogP contribution < -0.4 is 24.8 Å². The van der Waals surface area contributed by atoms with Crippen LogP contribution in [0, 0.1) is 0 Å². The van der Waals surface area contributed by atoms with E-state index in [-0.39, 0.29) is 6.79 Å². The SMILES string of the molecule is CCOc1ccccc1NC(=O)CN1C(=O)N[C@](C)(c2ccc3c(c2)OCO3)C1=O. The van der Waals surface area contributed by atoms with Gasteiger partial charge in [-0.05, 0) is 43.7 Å². The van der Waals surface area contributed by atoms with Crippen molar-refractivity contribution in [3.8, 4) is 17.2 Å². The Morgan fingerprint density at radius 2 is 1.97 bits per heavy atom. The zero-order valence-electron chi connectivity index (χ0n) is 16.6. The Kier molecular flexibility index (Phi) is 4.94. The van der Waals surface area contributed by atoms with Crippen LogP contribution in [0.4, 0.5) is 10.5 Å². The summed E-state index contributed by atoms with van der Waals surface area (Å²) < 4.78 is 16.1. The fourth-order valence-corrected chi connectivity index (χ4v) is 3.43. The van der Waals surface area contributed by atoms with Gasteiger partial charge in [0, 0.05) is 0 Å². The van der Waals surface area contributed by atoms with Crippen LogP contribution in [-0.2, 0) is 15.1 Å². The number of hydrogen-bond donors (Lipinski definition) is 2. The molecule has 0 unspecified atom stereocenters. The van der Waals surface area contributed by atoms with E-state index in [0.29, 0.717) is 35.1 Å². The number of para-hydroxylation sites is 2. The highest BCUT2D eigenvalue weighted by Gasteiger charge is 2.49. The van der Waals surface area contributed by atoms with Crippen LogP contribution in [0.3, 0.4) is 0 Å². The van der Waals surface area contributed by atoms with Gasteiger partial charge in [-0.3, -0.25) is 14.5 Å². The standard InChI is InChI=1S/C21H21N3O6/c1-3-28-15-7-5-4-6-14(15)22-18(25)11-24-19(26)21(2,23-20(24)27)13-8-9-16-17(10-13)30-12-29-16/h4-10H,3,11-12H2,1-2H3,(H,22,25)(H,23,27)/t21-/m1/s1. The molecule has 0 spiro atoms. The van der Waals surface area contributed by atoms with E-state index in [2.05, 4.69) is 10.6 Å². The number of carbonyl (C=O) groups excluding carboxylic acids is 3. The van der Waals surface area contributed by atoms with Crippen LogP contribution in [0.15, 0.2) is 42.5 Å². The molecule has 9 nitrogen and oxygen atoms in total. The number of anilines is 1. The summed E-state index contributed by atoms with van der Waals surface area (Å²) in [4.78, 5) is 39.0. The number of fused-ring (bicyclic) bond motifs is 1. The number of carbonyl (C=O) groups is 3. The first-order chi connectivity index (χ1) is 14.4. The first kappa shape index (κ1) is 19.6. The molecule has 2 N–H and O–H groups in total. The van der Waals surface area contributed by atoms with E-state index in [1.54, 1.807) is 49.4 Å². The minimum atomic E-state index is -1.32. The smallest absolute Gasteiger partial charge is 0.325 e. The van der Waals surface area contributed by atoms with Crippen LogP contribution in [0.25, 0.3) is 0 Å². The average molecular weight is 411 g/mol. The van der Waals surface area contributed by atoms with Gasteiger partial charge in [0.25, 0.3) is 5.91 Å². The molecule has 1 atom stereocenters. The van der Waals surface area contributed by atoms with E-state index in [1.807, 2.05) is 6.92 Å². The van der Waals surface area contributed by atoms with E-state index < -0.39 is 29.9 Å². The van der Waals surface area contributed by atoms with Crippen molar-refractivity contribution >= 4 is 23.5 Å². The summed E-state index contributed by atoms with van der Waals surface area (Å²) in [5.74, 6) is 0.541. The van der Waals surface area contributed by atoms with Crippen molar-refractivity contribution < 1.29 is 28.6 Å². The summed E-state index contributed by atoms with van der Waals surface area (Å²) in [5, 5.41) is 5.36. The van der Waals surface area contributed by atoms with Crippen LogP contribution >= 0.6 is 0 Å². The normalized spacial score (nSPS) is 19.6. The van der Waals surface area contributed by atoms with E-state index in [4.69, 9.17) is 14.2 Å². The number of urea groups is 1. The Hall–Kier alpha value is -3.75. The van der Waals surface area contributed by atoms with Gasteiger partial charge in [0.05, 0.1) is 12.3 Å². The van der Waals surface area contributed by atoms with Crippen molar-refractivity contribution in [2.45, 2.75) is 19.4 Å². The predicted molar refractivity (Wildman–Crippen MR) is 106 cm³/mol. The molecule has 1 saturated heterocycles. The van der Waals surface area contributed by atoms with E-state index in [0.717, 1.165) is 4.90 Å². The van der Waals surface area contributed by atoms with Gasteiger partial charge in [-0.2, -0.15) is 0 Å². The Morgan fingerprint density at radius 3 is 2.77 bits per heavy atom. The minimum absolute atomic E-state index is 0.103. The number of ether oxygens (including phenoxy) is 3. The molecule has 0 bridgehead atoms. The van der Waals surface area contributed by atoms with E-state index in [1.165, 1.54) is 0 Å². The maximum absolute atomic E-state index is 13.1. The van der Waals surface area contributed by atoms with Crippen molar-refractivity contribution in [3.63, 3.8) is 0 Å². The number of imide groups is 1. The van der Waals surface area contributed by atoms with Gasteiger partial charge in [0.1, 0.15) is 17.8 Å². The summed E-state index contributed by atoms with van der Waals surface area (Å²) in [6.45, 7) is 3.54. The maximum Gasteiger partial charge on any atom is 0.325 e. The molecule has 4 amide bonds. The number of hydrogen-bond acceptors (Lipinski definition) is 6. The zero-order valence-corrected chi connectivity index (χ0v) is 16.6. The highest BCUT2D eigenvalue weighted by atomic mass is 16.7. The fraction of sp³-hybridized carbons (Fsp3) is 0.286. The van der Waals surface area contributed by atoms with Gasteiger partial charge in [-0.25, -0.2) is 4.79 Å². The second-order valence-electron chi connectivity index (χ2n) is 6.99. The molecule has 2 aliphatic heterocycles. The lowest BCUT2D eigenvalue weighted by molar-refractivity contribution is -0.133. The largest absolute Gasteiger partial charge is 0.492 e. The molecule has 0 aromatic heterocycles. The summed E-state index contributed by atoms with van der Waals surface area (Å²) in [7, 11) is 0. The lowest BCUT2D eigenvalue weighted by atomic mass is 9.91. The Labute approximate surface area is 172 Å². The molecule has 0 aliphatic carbocycles. The highest BCUT2D eigenvalue weighted by Crippen LogP contribution is 2.37. The third kappa shape index (κ3) is 3.38. The molecular formula is C21H21N3O6. The van der Waals surface area contributed by atoms with Crippen LogP contribution in [0.5, 0.6) is 17.2 Å².